The summed E-state index contributed by atoms with van der Waals surface area (Å²) in [5.74, 6) is -0.735. The van der Waals surface area contributed by atoms with Crippen LogP contribution in [0.25, 0.3) is 6.08 Å². The largest absolute Gasteiger partial charge is 0.497 e. The molecule has 1 heterocycles. The number of carbonyl (C=O) groups excluding carboxylic acids is 3. The van der Waals surface area contributed by atoms with Crippen molar-refractivity contribution >= 4 is 45.5 Å². The van der Waals surface area contributed by atoms with Crippen LogP contribution in [-0.4, -0.2) is 25.0 Å². The van der Waals surface area contributed by atoms with Crippen LogP contribution in [-0.2, 0) is 16.0 Å². The van der Waals surface area contributed by atoms with Crippen molar-refractivity contribution < 1.29 is 19.1 Å². The second kappa shape index (κ2) is 9.42. The Hall–Kier alpha value is -3.71. The number of methoxy groups -OCH3 is 1. The van der Waals surface area contributed by atoms with E-state index >= 15 is 0 Å². The number of halogens is 1. The number of nitrogens with zero attached hydrogens (tertiary/aromatic N) is 1. The Labute approximate surface area is 200 Å². The van der Waals surface area contributed by atoms with Gasteiger partial charge in [-0.1, -0.05) is 57.9 Å². The van der Waals surface area contributed by atoms with Gasteiger partial charge >= 0.3 is 6.03 Å². The van der Waals surface area contributed by atoms with Crippen LogP contribution in [0.2, 0.25) is 0 Å². The molecular formula is C26H21BrN2O4. The van der Waals surface area contributed by atoms with E-state index < -0.39 is 17.8 Å². The first kappa shape index (κ1) is 22.5. The van der Waals surface area contributed by atoms with E-state index in [2.05, 4.69) is 21.2 Å². The summed E-state index contributed by atoms with van der Waals surface area (Å²) >= 11 is 3.57. The van der Waals surface area contributed by atoms with Crippen LogP contribution >= 0.6 is 15.9 Å². The Morgan fingerprint density at radius 2 is 1.70 bits per heavy atom. The van der Waals surface area contributed by atoms with E-state index in [9.17, 15) is 14.4 Å². The molecule has 7 heteroatoms. The van der Waals surface area contributed by atoms with Gasteiger partial charge < -0.3 is 4.74 Å². The maximum Gasteiger partial charge on any atom is 0.335 e. The molecule has 4 amide bonds. The predicted octanol–water partition coefficient (Wildman–Crippen LogP) is 5.02. The molecule has 1 aliphatic heterocycles. The Morgan fingerprint density at radius 3 is 2.39 bits per heavy atom. The summed E-state index contributed by atoms with van der Waals surface area (Å²) in [5, 5.41) is 2.27. The van der Waals surface area contributed by atoms with Gasteiger partial charge in [0.1, 0.15) is 11.3 Å². The lowest BCUT2D eigenvalue weighted by atomic mass is 9.97. The normalized spacial score (nSPS) is 15.1. The van der Waals surface area contributed by atoms with Gasteiger partial charge in [0.05, 0.1) is 12.8 Å². The van der Waals surface area contributed by atoms with Gasteiger partial charge in [0.2, 0.25) is 0 Å². The van der Waals surface area contributed by atoms with Crippen molar-refractivity contribution in [3.8, 4) is 5.75 Å². The van der Waals surface area contributed by atoms with Crippen LogP contribution < -0.4 is 15.0 Å². The Bertz CT molecular complexity index is 1280. The number of benzene rings is 3. The lowest BCUT2D eigenvalue weighted by Crippen LogP contribution is -2.54. The molecule has 0 radical (unpaired) electrons. The van der Waals surface area contributed by atoms with Crippen molar-refractivity contribution in [2.45, 2.75) is 13.3 Å². The van der Waals surface area contributed by atoms with Gasteiger partial charge in [-0.3, -0.25) is 14.9 Å². The van der Waals surface area contributed by atoms with E-state index in [1.807, 2.05) is 37.3 Å². The van der Waals surface area contributed by atoms with E-state index in [0.29, 0.717) is 23.4 Å². The molecule has 0 atom stereocenters. The predicted molar refractivity (Wildman–Crippen MR) is 130 cm³/mol. The number of hydrogen-bond acceptors (Lipinski definition) is 4. The summed E-state index contributed by atoms with van der Waals surface area (Å²) in [6.07, 6.45) is 2.07. The third kappa shape index (κ3) is 4.73. The number of anilines is 1. The van der Waals surface area contributed by atoms with Crippen molar-refractivity contribution in [2.24, 2.45) is 0 Å². The van der Waals surface area contributed by atoms with Gasteiger partial charge in [-0.25, -0.2) is 9.69 Å². The summed E-state index contributed by atoms with van der Waals surface area (Å²) in [5.41, 5.74) is 3.86. The molecule has 33 heavy (non-hydrogen) atoms. The summed E-state index contributed by atoms with van der Waals surface area (Å²) in [7, 11) is 1.58. The van der Waals surface area contributed by atoms with Gasteiger partial charge in [0.25, 0.3) is 11.8 Å². The molecule has 166 valence electrons. The minimum atomic E-state index is -0.769. The zero-order valence-corrected chi connectivity index (χ0v) is 19.7. The Morgan fingerprint density at radius 1 is 0.970 bits per heavy atom. The number of urea groups is 1. The van der Waals surface area contributed by atoms with Crippen LogP contribution in [0.3, 0.4) is 0 Å². The average molecular weight is 505 g/mol. The first-order valence-corrected chi connectivity index (χ1v) is 11.0. The first-order chi connectivity index (χ1) is 15.9. The van der Waals surface area contributed by atoms with Crippen LogP contribution in [0.5, 0.6) is 5.75 Å². The summed E-state index contributed by atoms with van der Waals surface area (Å²) in [6.45, 7) is 1.91. The molecule has 1 saturated heterocycles. The molecule has 4 rings (SSSR count). The Kier molecular flexibility index (Phi) is 6.42. The number of rotatable bonds is 5. The second-order valence-corrected chi connectivity index (χ2v) is 8.48. The fraction of sp³-hybridized carbons (Fsp3) is 0.115. The van der Waals surface area contributed by atoms with Gasteiger partial charge in [-0.2, -0.15) is 0 Å². The van der Waals surface area contributed by atoms with Gasteiger partial charge in [0.15, 0.2) is 0 Å². The lowest BCUT2D eigenvalue weighted by Gasteiger charge is -2.26. The average Bonchev–Trinajstić information content (AvgIpc) is 2.80. The summed E-state index contributed by atoms with van der Waals surface area (Å²) in [4.78, 5) is 39.3. The number of aryl methyl sites for hydroxylation is 1. The van der Waals surface area contributed by atoms with E-state index in [4.69, 9.17) is 4.74 Å². The quantitative estimate of drug-likeness (QED) is 0.390. The van der Waals surface area contributed by atoms with Crippen molar-refractivity contribution in [3.05, 3.63) is 99.0 Å². The highest BCUT2D eigenvalue weighted by molar-refractivity contribution is 9.10. The van der Waals surface area contributed by atoms with Crippen LogP contribution in [0.1, 0.15) is 22.3 Å². The number of nitrogens with one attached hydrogen (secondary N) is 1. The molecule has 0 spiro atoms. The molecule has 0 aliphatic carbocycles. The third-order valence-corrected chi connectivity index (χ3v) is 6.16. The molecule has 0 saturated carbocycles. The smallest absolute Gasteiger partial charge is 0.335 e. The molecule has 0 aromatic heterocycles. The summed E-state index contributed by atoms with van der Waals surface area (Å²) < 4.78 is 6.33. The lowest BCUT2D eigenvalue weighted by molar-refractivity contribution is -0.122. The molecule has 6 nitrogen and oxygen atoms in total. The number of imide groups is 2. The zero-order chi connectivity index (χ0) is 23.5. The van der Waals surface area contributed by atoms with Crippen molar-refractivity contribution in [2.75, 3.05) is 12.0 Å². The van der Waals surface area contributed by atoms with E-state index in [0.717, 1.165) is 26.1 Å². The number of hydrogen-bond donors (Lipinski definition) is 1. The number of ether oxygens (including phenoxy) is 1. The minimum Gasteiger partial charge on any atom is -0.497 e. The molecule has 1 aliphatic rings. The van der Waals surface area contributed by atoms with Crippen LogP contribution in [0.4, 0.5) is 10.5 Å². The maximum atomic E-state index is 13.2. The van der Waals surface area contributed by atoms with Gasteiger partial charge in [0, 0.05) is 4.47 Å². The minimum absolute atomic E-state index is 0.117. The van der Waals surface area contributed by atoms with Crippen molar-refractivity contribution in [3.63, 3.8) is 0 Å². The third-order valence-electron chi connectivity index (χ3n) is 5.38. The monoisotopic (exact) mass is 504 g/mol. The Balaban J connectivity index is 1.76. The van der Waals surface area contributed by atoms with E-state index in [1.165, 1.54) is 6.08 Å². The first-order valence-electron chi connectivity index (χ1n) is 10.3. The molecular weight excluding hydrogens is 484 g/mol. The SMILES string of the molecule is COc1ccc(/C=C2\C(=O)NC(=O)N(c3ccc(C)cc3)C2=O)c(Cc2ccccc2Br)c1. The number of barbiturate groups is 1. The van der Waals surface area contributed by atoms with Gasteiger partial charge in [-0.05, 0) is 66.4 Å². The van der Waals surface area contributed by atoms with Crippen LogP contribution in [0.15, 0.2) is 76.8 Å². The molecule has 1 N–H and O–H groups in total. The highest BCUT2D eigenvalue weighted by Crippen LogP contribution is 2.28. The molecule has 1 fully saturated rings. The van der Waals surface area contributed by atoms with Crippen LogP contribution in [0, 0.1) is 6.92 Å². The number of amides is 4. The summed E-state index contributed by atoms with van der Waals surface area (Å²) in [6, 6.07) is 19.4. The zero-order valence-electron chi connectivity index (χ0n) is 18.1. The molecule has 0 unspecified atom stereocenters. The van der Waals surface area contributed by atoms with E-state index in [-0.39, 0.29) is 5.57 Å². The second-order valence-electron chi connectivity index (χ2n) is 7.63. The topological polar surface area (TPSA) is 75.7 Å². The molecule has 3 aromatic carbocycles. The van der Waals surface area contributed by atoms with Crippen molar-refractivity contribution in [1.82, 2.24) is 5.32 Å². The highest BCUT2D eigenvalue weighted by atomic mass is 79.9. The highest BCUT2D eigenvalue weighted by Gasteiger charge is 2.36. The van der Waals surface area contributed by atoms with Crippen molar-refractivity contribution in [1.29, 1.82) is 0 Å². The van der Waals surface area contributed by atoms with Gasteiger partial charge in [-0.15, -0.1) is 0 Å². The fourth-order valence-corrected chi connectivity index (χ4v) is 4.02. The maximum absolute atomic E-state index is 13.2. The standard InChI is InChI=1S/C26H21BrN2O4/c1-16-7-10-20(11-8-16)29-25(31)22(24(30)28-26(29)32)15-17-9-12-21(33-2)14-19(17)13-18-5-3-4-6-23(18)27/h3-12,14-15H,13H2,1-2H3,(H,28,30,32)/b22-15+. The van der Waals surface area contributed by atoms with E-state index in [1.54, 1.807) is 43.5 Å². The molecule has 0 bridgehead atoms. The molecule has 3 aromatic rings. The fourth-order valence-electron chi connectivity index (χ4n) is 3.59. The number of carbonyl (C=O) groups is 3.